The molecular formula is C22H17ClF4N4O. The lowest BCUT2D eigenvalue weighted by atomic mass is 9.95. The Morgan fingerprint density at radius 2 is 1.94 bits per heavy atom. The molecule has 166 valence electrons. The smallest absolute Gasteiger partial charge is 0.386 e. The number of nitrogens with zero attached hydrogens (tertiary/aromatic N) is 2. The minimum atomic E-state index is -4.67. The minimum Gasteiger partial charge on any atom is -0.386 e. The van der Waals surface area contributed by atoms with Crippen molar-refractivity contribution >= 4 is 28.9 Å². The maximum Gasteiger partial charge on any atom is 0.433 e. The number of aromatic nitrogens is 2. The third kappa shape index (κ3) is 4.38. The number of carbonyl (C=O) groups is 1. The predicted molar refractivity (Wildman–Crippen MR) is 113 cm³/mol. The summed E-state index contributed by atoms with van der Waals surface area (Å²) in [6, 6.07) is 4.22. The van der Waals surface area contributed by atoms with Gasteiger partial charge in [-0.15, -0.1) is 0 Å². The van der Waals surface area contributed by atoms with Crippen molar-refractivity contribution in [2.24, 2.45) is 0 Å². The van der Waals surface area contributed by atoms with E-state index >= 15 is 4.39 Å². The quantitative estimate of drug-likeness (QED) is 0.446. The first-order valence-electron chi connectivity index (χ1n) is 9.68. The van der Waals surface area contributed by atoms with Crippen molar-refractivity contribution in [3.63, 3.8) is 0 Å². The molecule has 2 aromatic heterocycles. The number of alkyl halides is 3. The van der Waals surface area contributed by atoms with Crippen LogP contribution in [0.15, 0.2) is 42.9 Å². The lowest BCUT2D eigenvalue weighted by Crippen LogP contribution is -2.15. The molecule has 1 aliphatic rings. The summed E-state index contributed by atoms with van der Waals surface area (Å²) in [6.45, 7) is 0. The van der Waals surface area contributed by atoms with Crippen molar-refractivity contribution < 1.29 is 22.4 Å². The number of hydrogen-bond acceptors (Lipinski definition) is 4. The summed E-state index contributed by atoms with van der Waals surface area (Å²) in [7, 11) is 1.70. The van der Waals surface area contributed by atoms with Gasteiger partial charge >= 0.3 is 6.18 Å². The lowest BCUT2D eigenvalue weighted by Gasteiger charge is -2.16. The first-order chi connectivity index (χ1) is 15.2. The zero-order valence-corrected chi connectivity index (χ0v) is 17.5. The molecule has 1 amide bonds. The van der Waals surface area contributed by atoms with E-state index in [9.17, 15) is 18.0 Å². The zero-order valence-electron chi connectivity index (χ0n) is 16.7. The van der Waals surface area contributed by atoms with E-state index in [1.807, 2.05) is 0 Å². The highest BCUT2D eigenvalue weighted by atomic mass is 35.5. The number of hydrogen-bond donors (Lipinski definition) is 2. The third-order valence-electron chi connectivity index (χ3n) is 5.14. The van der Waals surface area contributed by atoms with Crippen molar-refractivity contribution in [1.29, 1.82) is 0 Å². The SMILES string of the molecule is CNc1cncc(C2CC2)c1-c1cc(Cl)c(C(=O)Nc2ccnc(C(F)(F)F)c2)cc1F. The van der Waals surface area contributed by atoms with E-state index in [0.29, 0.717) is 17.3 Å². The van der Waals surface area contributed by atoms with E-state index in [4.69, 9.17) is 11.6 Å². The molecule has 0 bridgehead atoms. The van der Waals surface area contributed by atoms with Crippen LogP contribution in [0.2, 0.25) is 5.02 Å². The molecule has 1 fully saturated rings. The van der Waals surface area contributed by atoms with Crippen molar-refractivity contribution in [1.82, 2.24) is 9.97 Å². The Bertz CT molecular complexity index is 1200. The second-order valence-electron chi connectivity index (χ2n) is 7.37. The van der Waals surface area contributed by atoms with Gasteiger partial charge in [0.25, 0.3) is 5.91 Å². The Morgan fingerprint density at radius 3 is 2.59 bits per heavy atom. The third-order valence-corrected chi connectivity index (χ3v) is 5.45. The summed E-state index contributed by atoms with van der Waals surface area (Å²) in [6.07, 6.45) is 1.49. The van der Waals surface area contributed by atoms with Crippen molar-refractivity contribution in [2.75, 3.05) is 17.7 Å². The fourth-order valence-electron chi connectivity index (χ4n) is 3.44. The van der Waals surface area contributed by atoms with Gasteiger partial charge in [0, 0.05) is 36.3 Å². The van der Waals surface area contributed by atoms with E-state index in [1.54, 1.807) is 19.4 Å². The molecule has 0 unspecified atom stereocenters. The number of carbonyl (C=O) groups excluding carboxylic acids is 1. The van der Waals surface area contributed by atoms with E-state index < -0.39 is 23.6 Å². The molecular weight excluding hydrogens is 448 g/mol. The van der Waals surface area contributed by atoms with Crippen LogP contribution in [0, 0.1) is 5.82 Å². The Morgan fingerprint density at radius 1 is 1.19 bits per heavy atom. The molecule has 1 aromatic carbocycles. The van der Waals surface area contributed by atoms with Crippen LogP contribution in [0.1, 0.15) is 40.4 Å². The molecule has 5 nitrogen and oxygen atoms in total. The average molecular weight is 465 g/mol. The molecule has 10 heteroatoms. The number of anilines is 2. The van der Waals surface area contributed by atoms with Crippen LogP contribution in [0.25, 0.3) is 11.1 Å². The molecule has 0 spiro atoms. The normalized spacial score (nSPS) is 13.7. The highest BCUT2D eigenvalue weighted by Crippen LogP contribution is 2.47. The monoisotopic (exact) mass is 464 g/mol. The largest absolute Gasteiger partial charge is 0.433 e. The average Bonchev–Trinajstić information content (AvgIpc) is 3.59. The maximum absolute atomic E-state index is 15.2. The lowest BCUT2D eigenvalue weighted by molar-refractivity contribution is -0.141. The first kappa shape index (κ1) is 22.0. The van der Waals surface area contributed by atoms with Crippen LogP contribution in [0.4, 0.5) is 28.9 Å². The van der Waals surface area contributed by atoms with Crippen LogP contribution in [-0.4, -0.2) is 22.9 Å². The molecule has 1 saturated carbocycles. The number of pyridine rings is 2. The molecule has 0 aliphatic heterocycles. The second kappa shape index (κ2) is 8.38. The van der Waals surface area contributed by atoms with Gasteiger partial charge in [-0.1, -0.05) is 11.6 Å². The van der Waals surface area contributed by atoms with E-state index in [-0.39, 0.29) is 27.8 Å². The highest BCUT2D eigenvalue weighted by molar-refractivity contribution is 6.34. The number of rotatable bonds is 5. The Kier molecular flexibility index (Phi) is 5.77. The maximum atomic E-state index is 15.2. The Labute approximate surface area is 185 Å². The summed E-state index contributed by atoms with van der Waals surface area (Å²) in [4.78, 5) is 20.1. The van der Waals surface area contributed by atoms with Gasteiger partial charge in [-0.3, -0.25) is 14.8 Å². The number of amides is 1. The van der Waals surface area contributed by atoms with Crippen molar-refractivity contribution in [3.8, 4) is 11.1 Å². The van der Waals surface area contributed by atoms with Gasteiger partial charge in [-0.25, -0.2) is 4.39 Å². The summed E-state index contributed by atoms with van der Waals surface area (Å²) >= 11 is 6.30. The van der Waals surface area contributed by atoms with Crippen LogP contribution in [0.5, 0.6) is 0 Å². The number of nitrogens with one attached hydrogen (secondary N) is 2. The molecule has 4 rings (SSSR count). The predicted octanol–water partition coefficient (Wildman–Crippen LogP) is 6.13. The van der Waals surface area contributed by atoms with E-state index in [0.717, 1.165) is 30.7 Å². The van der Waals surface area contributed by atoms with Gasteiger partial charge in [-0.2, -0.15) is 13.2 Å². The number of halogens is 5. The standard InChI is InChI=1S/C22H17ClF4N4O/c1-28-18-10-29-9-15(11-2-3-11)20(18)14-7-16(23)13(8-17(14)24)21(32)31-12-4-5-30-19(6-12)22(25,26)27/h4-11,28H,2-3H2,1H3,(H,30,31,32). The fourth-order valence-corrected chi connectivity index (χ4v) is 3.69. The molecule has 0 atom stereocenters. The summed E-state index contributed by atoms with van der Waals surface area (Å²) in [5, 5.41) is 5.27. The molecule has 32 heavy (non-hydrogen) atoms. The first-order valence-corrected chi connectivity index (χ1v) is 10.1. The zero-order chi connectivity index (χ0) is 23.0. The second-order valence-corrected chi connectivity index (χ2v) is 7.78. The van der Waals surface area contributed by atoms with E-state index in [2.05, 4.69) is 20.6 Å². The fraction of sp³-hybridized carbons (Fsp3) is 0.227. The highest BCUT2D eigenvalue weighted by Gasteiger charge is 2.33. The topological polar surface area (TPSA) is 66.9 Å². The summed E-state index contributed by atoms with van der Waals surface area (Å²) in [5.74, 6) is -1.25. The van der Waals surface area contributed by atoms with Gasteiger partial charge in [0.15, 0.2) is 0 Å². The summed E-state index contributed by atoms with van der Waals surface area (Å²) < 4.78 is 53.7. The van der Waals surface area contributed by atoms with Gasteiger partial charge < -0.3 is 10.6 Å². The molecule has 0 radical (unpaired) electrons. The van der Waals surface area contributed by atoms with Crippen molar-refractivity contribution in [2.45, 2.75) is 24.9 Å². The van der Waals surface area contributed by atoms with Gasteiger partial charge in [0.1, 0.15) is 11.5 Å². The van der Waals surface area contributed by atoms with Crippen LogP contribution >= 0.6 is 11.6 Å². The van der Waals surface area contributed by atoms with Crippen LogP contribution in [-0.2, 0) is 6.18 Å². The van der Waals surface area contributed by atoms with Gasteiger partial charge in [0.05, 0.1) is 22.5 Å². The van der Waals surface area contributed by atoms with Gasteiger partial charge in [0.2, 0.25) is 0 Å². The van der Waals surface area contributed by atoms with Crippen molar-refractivity contribution in [3.05, 3.63) is 70.5 Å². The molecule has 2 N–H and O–H groups in total. The molecule has 0 saturated heterocycles. The Balaban J connectivity index is 1.68. The van der Waals surface area contributed by atoms with E-state index in [1.165, 1.54) is 12.1 Å². The number of benzene rings is 1. The Hall–Kier alpha value is -3.20. The molecule has 3 aromatic rings. The van der Waals surface area contributed by atoms with Crippen LogP contribution < -0.4 is 10.6 Å². The summed E-state index contributed by atoms with van der Waals surface area (Å²) in [5.41, 5.74) is 0.849. The van der Waals surface area contributed by atoms with Gasteiger partial charge in [-0.05, 0) is 48.6 Å². The minimum absolute atomic E-state index is 0.0374. The molecule has 2 heterocycles. The van der Waals surface area contributed by atoms with Crippen LogP contribution in [0.3, 0.4) is 0 Å². The molecule has 1 aliphatic carbocycles.